The summed E-state index contributed by atoms with van der Waals surface area (Å²) >= 11 is 1.39. The molecule has 3 aromatic rings. The number of fused-ring (bicyclic) bond motifs is 1. The third-order valence-electron chi connectivity index (χ3n) is 3.62. The summed E-state index contributed by atoms with van der Waals surface area (Å²) in [5, 5.41) is 12.7. The van der Waals surface area contributed by atoms with Crippen LogP contribution in [0.25, 0.3) is 4.96 Å². The van der Waals surface area contributed by atoms with Crippen molar-refractivity contribution in [2.75, 3.05) is 13.2 Å². The van der Waals surface area contributed by atoms with E-state index >= 15 is 0 Å². The maximum Gasteiger partial charge on any atom is 0.240 e. The van der Waals surface area contributed by atoms with Crippen molar-refractivity contribution in [3.63, 3.8) is 0 Å². The van der Waals surface area contributed by atoms with Crippen LogP contribution in [0.1, 0.15) is 23.1 Å². The normalized spacial score (nSPS) is 12.0. The summed E-state index contributed by atoms with van der Waals surface area (Å²) in [6.45, 7) is 6.30. The molecule has 0 radical (unpaired) electrons. The Morgan fingerprint density at radius 2 is 2.08 bits per heavy atom. The highest BCUT2D eigenvalue weighted by Gasteiger charge is 2.19. The van der Waals surface area contributed by atoms with E-state index in [4.69, 9.17) is 4.74 Å². The summed E-state index contributed by atoms with van der Waals surface area (Å²) in [5.41, 5.74) is 1.45. The first-order valence-corrected chi connectivity index (χ1v) is 10.1. The Kier molecular flexibility index (Phi) is 5.02. The van der Waals surface area contributed by atoms with Gasteiger partial charge in [-0.1, -0.05) is 11.3 Å². The Morgan fingerprint density at radius 3 is 2.80 bits per heavy atom. The summed E-state index contributed by atoms with van der Waals surface area (Å²) in [4.78, 5) is 0.961. The van der Waals surface area contributed by atoms with Crippen LogP contribution < -0.4 is 9.46 Å². The Balaban J connectivity index is 1.70. The van der Waals surface area contributed by atoms with Gasteiger partial charge in [0.05, 0.1) is 11.5 Å². The fraction of sp³-hybridized carbons (Fsp3) is 0.400. The van der Waals surface area contributed by atoms with Crippen LogP contribution in [-0.2, 0) is 16.4 Å². The second-order valence-corrected chi connectivity index (χ2v) is 8.29. The molecule has 134 valence electrons. The zero-order valence-corrected chi connectivity index (χ0v) is 15.8. The minimum atomic E-state index is -3.60. The molecule has 2 aromatic heterocycles. The summed E-state index contributed by atoms with van der Waals surface area (Å²) < 4.78 is 34.9. The Labute approximate surface area is 149 Å². The number of rotatable bonds is 7. The largest absolute Gasteiger partial charge is 0.494 e. The van der Waals surface area contributed by atoms with E-state index in [2.05, 4.69) is 20.0 Å². The van der Waals surface area contributed by atoms with Crippen molar-refractivity contribution in [2.45, 2.75) is 32.1 Å². The predicted molar refractivity (Wildman–Crippen MR) is 94.6 cm³/mol. The molecule has 0 unspecified atom stereocenters. The van der Waals surface area contributed by atoms with Crippen molar-refractivity contribution in [3.8, 4) is 5.75 Å². The van der Waals surface area contributed by atoms with Gasteiger partial charge in [-0.3, -0.25) is 0 Å². The number of benzene rings is 1. The molecule has 2 heterocycles. The number of nitrogens with zero attached hydrogens (tertiary/aromatic N) is 4. The van der Waals surface area contributed by atoms with Crippen LogP contribution in [0.5, 0.6) is 5.75 Å². The molecule has 0 aliphatic heterocycles. The number of aryl methyl sites for hydroxylation is 2. The molecular formula is C15H19N5O3S2. The summed E-state index contributed by atoms with van der Waals surface area (Å²) in [7, 11) is -3.60. The second-order valence-electron chi connectivity index (χ2n) is 5.52. The molecule has 0 atom stereocenters. The van der Waals surface area contributed by atoms with Gasteiger partial charge in [-0.2, -0.15) is 9.61 Å². The first-order valence-electron chi connectivity index (χ1n) is 7.80. The summed E-state index contributed by atoms with van der Waals surface area (Å²) in [5.74, 6) is 0.707. The second kappa shape index (κ2) is 7.06. The highest BCUT2D eigenvalue weighted by Crippen LogP contribution is 2.25. The van der Waals surface area contributed by atoms with E-state index in [1.807, 2.05) is 13.8 Å². The van der Waals surface area contributed by atoms with Gasteiger partial charge in [0.15, 0.2) is 0 Å². The molecule has 10 heteroatoms. The van der Waals surface area contributed by atoms with E-state index in [0.29, 0.717) is 29.3 Å². The van der Waals surface area contributed by atoms with Crippen LogP contribution in [0.3, 0.4) is 0 Å². The summed E-state index contributed by atoms with van der Waals surface area (Å²) in [6, 6.07) is 3.40. The first-order chi connectivity index (χ1) is 11.9. The molecule has 25 heavy (non-hydrogen) atoms. The van der Waals surface area contributed by atoms with Gasteiger partial charge in [-0.15, -0.1) is 10.2 Å². The van der Waals surface area contributed by atoms with E-state index in [9.17, 15) is 8.42 Å². The Hall–Kier alpha value is -2.04. The molecule has 0 bridgehead atoms. The minimum Gasteiger partial charge on any atom is -0.494 e. The molecule has 1 aromatic carbocycles. The van der Waals surface area contributed by atoms with E-state index in [1.165, 1.54) is 17.7 Å². The fourth-order valence-corrected chi connectivity index (χ4v) is 4.59. The van der Waals surface area contributed by atoms with Crippen LogP contribution >= 0.6 is 11.3 Å². The number of nitrogens with one attached hydrogen (secondary N) is 1. The van der Waals surface area contributed by atoms with E-state index in [1.54, 1.807) is 23.6 Å². The zero-order chi connectivity index (χ0) is 18.0. The number of hydrogen-bond donors (Lipinski definition) is 1. The Bertz CT molecular complexity index is 965. The minimum absolute atomic E-state index is 0.262. The van der Waals surface area contributed by atoms with Crippen molar-refractivity contribution in [2.24, 2.45) is 0 Å². The van der Waals surface area contributed by atoms with Crippen molar-refractivity contribution >= 4 is 26.3 Å². The van der Waals surface area contributed by atoms with Crippen LogP contribution in [0.4, 0.5) is 0 Å². The molecule has 8 nitrogen and oxygen atoms in total. The lowest BCUT2D eigenvalue weighted by Crippen LogP contribution is -2.26. The third kappa shape index (κ3) is 3.80. The number of hydrogen-bond acceptors (Lipinski definition) is 7. The van der Waals surface area contributed by atoms with Gasteiger partial charge >= 0.3 is 0 Å². The molecule has 0 saturated carbocycles. The molecule has 0 amide bonds. The number of aromatic nitrogens is 4. The van der Waals surface area contributed by atoms with Crippen LogP contribution in [0.2, 0.25) is 0 Å². The smallest absolute Gasteiger partial charge is 0.240 e. The lowest BCUT2D eigenvalue weighted by molar-refractivity contribution is 0.337. The van der Waals surface area contributed by atoms with Gasteiger partial charge in [0, 0.05) is 13.0 Å². The Morgan fingerprint density at radius 1 is 1.28 bits per heavy atom. The quantitative estimate of drug-likeness (QED) is 0.669. The molecule has 3 rings (SSSR count). The van der Waals surface area contributed by atoms with E-state index < -0.39 is 10.0 Å². The topological polar surface area (TPSA) is 98.5 Å². The zero-order valence-electron chi connectivity index (χ0n) is 14.2. The molecular weight excluding hydrogens is 362 g/mol. The van der Waals surface area contributed by atoms with Gasteiger partial charge < -0.3 is 4.74 Å². The van der Waals surface area contributed by atoms with E-state index in [-0.39, 0.29) is 11.4 Å². The monoisotopic (exact) mass is 381 g/mol. The first kappa shape index (κ1) is 17.8. The van der Waals surface area contributed by atoms with E-state index in [0.717, 1.165) is 10.6 Å². The number of ether oxygens (including phenoxy) is 1. The van der Waals surface area contributed by atoms with Crippen molar-refractivity contribution < 1.29 is 13.2 Å². The molecule has 0 saturated heterocycles. The molecule has 1 N–H and O–H groups in total. The maximum atomic E-state index is 12.6. The maximum absolute atomic E-state index is 12.6. The third-order valence-corrected chi connectivity index (χ3v) is 6.20. The summed E-state index contributed by atoms with van der Waals surface area (Å²) in [6.07, 6.45) is 2.01. The van der Waals surface area contributed by atoms with Crippen LogP contribution in [-0.4, -0.2) is 41.4 Å². The SMILES string of the molecule is CCOc1cc(C)c(S(=O)(=O)NCCc2nn3cnnc3s2)cc1C. The lowest BCUT2D eigenvalue weighted by atomic mass is 10.1. The van der Waals surface area contributed by atoms with Gasteiger partial charge in [-0.25, -0.2) is 13.1 Å². The molecule has 0 aliphatic rings. The van der Waals surface area contributed by atoms with Crippen molar-refractivity contribution in [3.05, 3.63) is 34.6 Å². The predicted octanol–water partition coefficient (Wildman–Crippen LogP) is 1.72. The molecule has 0 spiro atoms. The van der Waals surface area contributed by atoms with Crippen molar-refractivity contribution in [1.82, 2.24) is 24.5 Å². The molecule has 0 aliphatic carbocycles. The van der Waals surface area contributed by atoms with Gasteiger partial charge in [0.1, 0.15) is 17.1 Å². The van der Waals surface area contributed by atoms with Crippen LogP contribution in [0, 0.1) is 13.8 Å². The van der Waals surface area contributed by atoms with Crippen LogP contribution in [0.15, 0.2) is 23.4 Å². The van der Waals surface area contributed by atoms with Crippen molar-refractivity contribution in [1.29, 1.82) is 0 Å². The van der Waals surface area contributed by atoms with Gasteiger partial charge in [-0.05, 0) is 44.0 Å². The highest BCUT2D eigenvalue weighted by molar-refractivity contribution is 7.89. The standard InChI is InChI=1S/C15H19N5O3S2/c1-4-23-12-7-11(3)13(8-10(12)2)25(21,22)17-6-5-14-19-20-9-16-18-15(20)24-14/h7-9,17H,4-6H2,1-3H3. The fourth-order valence-electron chi connectivity index (χ4n) is 2.44. The number of sulfonamides is 1. The lowest BCUT2D eigenvalue weighted by Gasteiger charge is -2.13. The van der Waals surface area contributed by atoms with Gasteiger partial charge in [0.2, 0.25) is 15.0 Å². The molecule has 0 fully saturated rings. The average molecular weight is 381 g/mol. The average Bonchev–Trinajstić information content (AvgIpc) is 3.12. The highest BCUT2D eigenvalue weighted by atomic mass is 32.2. The van der Waals surface area contributed by atoms with Gasteiger partial charge in [0.25, 0.3) is 0 Å².